The molecule has 2 aromatic rings. The molecule has 3 saturated heterocycles. The fourth-order valence-electron chi connectivity index (χ4n) is 11.5. The molecule has 0 spiro atoms. The summed E-state index contributed by atoms with van der Waals surface area (Å²) in [7, 11) is 7.12. The molecule has 73 heavy (non-hydrogen) atoms. The summed E-state index contributed by atoms with van der Waals surface area (Å²) in [5.74, 6) is -2.37. The number of ether oxygens (including phenoxy) is 7. The van der Waals surface area contributed by atoms with Gasteiger partial charge in [-0.15, -0.1) is 5.10 Å². The minimum absolute atomic E-state index is 0.000612. The molecule has 19 nitrogen and oxygen atoms in total. The van der Waals surface area contributed by atoms with E-state index in [-0.39, 0.29) is 37.0 Å². The van der Waals surface area contributed by atoms with Crippen LogP contribution in [0.4, 0.5) is 10.1 Å². The van der Waals surface area contributed by atoms with Crippen LogP contribution in [0.15, 0.2) is 35.5 Å². The average Bonchev–Trinajstić information content (AvgIpc) is 3.81. The first-order valence-electron chi connectivity index (χ1n) is 26.2. The molecule has 0 bridgehead atoms. The Morgan fingerprint density at radius 2 is 1.70 bits per heavy atom. The van der Waals surface area contributed by atoms with Crippen molar-refractivity contribution in [1.82, 2.24) is 24.8 Å². The Kier molecular flexibility index (Phi) is 21.9. The van der Waals surface area contributed by atoms with Crippen LogP contribution in [0.3, 0.4) is 0 Å². The van der Waals surface area contributed by atoms with Gasteiger partial charge in [0.25, 0.3) is 0 Å². The molecule has 414 valence electrons. The highest BCUT2D eigenvalue weighted by molar-refractivity contribution is 5.81. The first-order chi connectivity index (χ1) is 34.4. The standard InChI is InChI=1S/C53H89FN8O11/c1-15-43-53(10,66)48(63)37(7)61(12)28-32(2)24-52(9,65)49(35(5)46(36(6)50(64)71-43)72-45-26-51(8,68-14)25-34(4)70-45)73-44-23-41(22-33(3)69-44)60(11)21-20-40-29-62(59-58-40)42(27-54)47(67-13)38-16-18-39(19-17-38)57-31-56-30-55/h16-19,29-37,41-49,63,65-66H,15,20-28H2,1-14H3,(H2,55,56,57)/t32-,33-,34+,35+,36-,37-,41+,42-,43-,44+,45+,46+,47-,48-,49-,51+,52-,53-/m1/s1. The van der Waals surface area contributed by atoms with Gasteiger partial charge < -0.3 is 63.6 Å². The largest absolute Gasteiger partial charge is 0.459 e. The van der Waals surface area contributed by atoms with Gasteiger partial charge in [0.2, 0.25) is 0 Å². The number of anilines is 1. The van der Waals surface area contributed by atoms with Crippen molar-refractivity contribution >= 4 is 24.3 Å². The van der Waals surface area contributed by atoms with Crippen molar-refractivity contribution in [3.63, 3.8) is 0 Å². The molecule has 3 aliphatic rings. The van der Waals surface area contributed by atoms with Crippen LogP contribution in [0.1, 0.15) is 131 Å². The van der Waals surface area contributed by atoms with Gasteiger partial charge in [0.1, 0.15) is 43.0 Å². The summed E-state index contributed by atoms with van der Waals surface area (Å²) in [5.41, 5.74) is -1.65. The van der Waals surface area contributed by atoms with Crippen molar-refractivity contribution in [2.24, 2.45) is 22.7 Å². The van der Waals surface area contributed by atoms with Crippen LogP contribution >= 0.6 is 0 Å². The second-order valence-electron chi connectivity index (χ2n) is 22.1. The summed E-state index contributed by atoms with van der Waals surface area (Å²) in [6, 6.07) is 6.04. The number of aliphatic imine (C=N–C) groups is 1. The minimum atomic E-state index is -1.79. The van der Waals surface area contributed by atoms with Crippen LogP contribution in [0, 0.1) is 23.2 Å². The molecule has 5 N–H and O–H groups in total. The van der Waals surface area contributed by atoms with Gasteiger partial charge >= 0.3 is 5.97 Å². The Labute approximate surface area is 433 Å². The molecule has 1 aromatic heterocycles. The van der Waals surface area contributed by atoms with Crippen LogP contribution in [0.5, 0.6) is 0 Å². The fraction of sp³-hybridized carbons (Fsp3) is 0.792. The van der Waals surface area contributed by atoms with Gasteiger partial charge in [-0.05, 0) is 105 Å². The van der Waals surface area contributed by atoms with Crippen LogP contribution in [-0.4, -0.2) is 185 Å². The molecule has 3 fully saturated rings. The Morgan fingerprint density at radius 1 is 1.01 bits per heavy atom. The lowest BCUT2D eigenvalue weighted by Gasteiger charge is -2.47. The van der Waals surface area contributed by atoms with E-state index in [1.165, 1.54) is 25.1 Å². The van der Waals surface area contributed by atoms with E-state index in [1.54, 1.807) is 34.1 Å². The zero-order valence-electron chi connectivity index (χ0n) is 45.9. The summed E-state index contributed by atoms with van der Waals surface area (Å²) in [5, 5.41) is 55.2. The number of hydrogen-bond acceptors (Lipinski definition) is 16. The van der Waals surface area contributed by atoms with E-state index in [1.807, 2.05) is 84.8 Å². The Bertz CT molecular complexity index is 2050. The van der Waals surface area contributed by atoms with Gasteiger partial charge in [0, 0.05) is 82.9 Å². The predicted molar refractivity (Wildman–Crippen MR) is 276 cm³/mol. The molecule has 4 heterocycles. The van der Waals surface area contributed by atoms with Gasteiger partial charge in [-0.1, -0.05) is 38.1 Å². The molecule has 0 radical (unpaired) electrons. The maximum Gasteiger partial charge on any atom is 0.311 e. The van der Waals surface area contributed by atoms with E-state index >= 15 is 0 Å². The molecule has 0 unspecified atom stereocenters. The zero-order valence-corrected chi connectivity index (χ0v) is 45.9. The Hall–Kier alpha value is -3.54. The topological polar surface area (TPSA) is 228 Å². The van der Waals surface area contributed by atoms with Gasteiger partial charge in [-0.3, -0.25) is 10.2 Å². The van der Waals surface area contributed by atoms with Gasteiger partial charge in [-0.25, -0.2) is 14.1 Å². The highest BCUT2D eigenvalue weighted by Gasteiger charge is 2.51. The third kappa shape index (κ3) is 15.5. The quantitative estimate of drug-likeness (QED) is 0.0645. The zero-order chi connectivity index (χ0) is 54.0. The van der Waals surface area contributed by atoms with E-state index < -0.39 is 96.5 Å². The number of carbonyl (C=O) groups excluding carboxylic acids is 1. The third-order valence-corrected chi connectivity index (χ3v) is 15.7. The fourth-order valence-corrected chi connectivity index (χ4v) is 11.5. The number of rotatable bonds is 18. The number of esters is 1. The van der Waals surface area contributed by atoms with Crippen LogP contribution in [-0.2, 0) is 44.4 Å². The second kappa shape index (κ2) is 26.5. The SMILES string of the molecule is CC[C@H]1OC(=O)[C@H](C)[C@@H](O[C@H]2C[C@@](C)(OC)C[C@H](C)O2)[C@H](C)[C@@H](O[C@H]2C[C@@H](N(C)CCc3cn([C@H](CF)[C@H](OC)c4ccc(N/C=N\C=N)cc4)nn3)C[C@@H](C)O2)[C@](C)(O)C[C@@H](C)CN(C)[C@H](C)[C@@H](O)[C@]1(C)O. The number of hydrogen-bond donors (Lipinski definition) is 5. The normalized spacial score (nSPS) is 37.6. The van der Waals surface area contributed by atoms with Crippen molar-refractivity contribution in [1.29, 1.82) is 5.41 Å². The van der Waals surface area contributed by atoms with Crippen LogP contribution in [0.2, 0.25) is 0 Å². The average molecular weight is 1030 g/mol. The smallest absolute Gasteiger partial charge is 0.311 e. The number of likely N-dealkylation sites (N-methyl/N-ethyl adjacent to an activating group) is 2. The summed E-state index contributed by atoms with van der Waals surface area (Å²) in [6.45, 7) is 18.9. The maximum absolute atomic E-state index is 14.8. The molecule has 5 rings (SSSR count). The highest BCUT2D eigenvalue weighted by atomic mass is 19.1. The van der Waals surface area contributed by atoms with Crippen LogP contribution in [0.25, 0.3) is 0 Å². The van der Waals surface area contributed by atoms with E-state index in [0.717, 1.165) is 17.6 Å². The number of alkyl halides is 1. The number of aliphatic hydroxyl groups is 3. The summed E-state index contributed by atoms with van der Waals surface area (Å²) in [6.07, 6.45) is 0.566. The molecular weight excluding hydrogens is 944 g/mol. The van der Waals surface area contributed by atoms with Crippen molar-refractivity contribution < 1.29 is 57.7 Å². The summed E-state index contributed by atoms with van der Waals surface area (Å²) in [4.78, 5) is 22.4. The first-order valence-corrected chi connectivity index (χ1v) is 26.2. The number of halogens is 1. The van der Waals surface area contributed by atoms with Crippen molar-refractivity contribution in [2.45, 2.75) is 204 Å². The number of carbonyl (C=O) groups is 1. The number of cyclic esters (lactones) is 1. The number of nitrogens with one attached hydrogen (secondary N) is 2. The number of benzene rings is 1. The number of methoxy groups -OCH3 is 2. The lowest BCUT2D eigenvalue weighted by molar-refractivity contribution is -0.292. The number of nitrogens with zero attached hydrogens (tertiary/aromatic N) is 6. The van der Waals surface area contributed by atoms with E-state index in [2.05, 4.69) is 25.5 Å². The van der Waals surface area contributed by atoms with Crippen molar-refractivity contribution in [2.75, 3.05) is 53.4 Å². The predicted octanol–water partition coefficient (Wildman–Crippen LogP) is 6.11. The minimum Gasteiger partial charge on any atom is -0.459 e. The van der Waals surface area contributed by atoms with Crippen molar-refractivity contribution in [3.8, 4) is 0 Å². The summed E-state index contributed by atoms with van der Waals surface area (Å²) >= 11 is 0. The second-order valence-corrected chi connectivity index (χ2v) is 22.1. The van der Waals surface area contributed by atoms with Gasteiger partial charge in [-0.2, -0.15) is 0 Å². The van der Waals surface area contributed by atoms with Crippen LogP contribution < -0.4 is 5.32 Å². The Balaban J connectivity index is 1.39. The Morgan fingerprint density at radius 3 is 2.33 bits per heavy atom. The van der Waals surface area contributed by atoms with E-state index in [9.17, 15) is 24.5 Å². The molecule has 18 atom stereocenters. The molecule has 0 saturated carbocycles. The molecule has 0 amide bonds. The van der Waals surface area contributed by atoms with E-state index in [0.29, 0.717) is 50.9 Å². The monoisotopic (exact) mass is 1030 g/mol. The van der Waals surface area contributed by atoms with Crippen molar-refractivity contribution in [3.05, 3.63) is 41.7 Å². The number of aromatic nitrogens is 3. The molecular formula is C53H89FN8O11. The maximum atomic E-state index is 14.8. The molecule has 3 aliphatic heterocycles. The molecule has 1 aromatic carbocycles. The highest BCUT2D eigenvalue weighted by Crippen LogP contribution is 2.40. The third-order valence-electron chi connectivity index (χ3n) is 15.7. The lowest BCUT2D eigenvalue weighted by Crippen LogP contribution is -2.59. The van der Waals surface area contributed by atoms with Gasteiger partial charge in [0.15, 0.2) is 12.6 Å². The van der Waals surface area contributed by atoms with E-state index in [4.69, 9.17) is 38.6 Å². The number of aliphatic hydroxyl groups excluding tert-OH is 1. The first kappa shape index (κ1) is 60.3. The molecule has 20 heteroatoms. The molecule has 0 aliphatic carbocycles. The summed E-state index contributed by atoms with van der Waals surface area (Å²) < 4.78 is 61.2. The van der Waals surface area contributed by atoms with Gasteiger partial charge in [0.05, 0.1) is 53.6 Å². The lowest BCUT2D eigenvalue weighted by atomic mass is 9.77.